The minimum Gasteiger partial charge on any atom is -0.480 e. The number of aromatic nitrogens is 2. The van der Waals surface area contributed by atoms with E-state index in [0.29, 0.717) is 28.5 Å². The van der Waals surface area contributed by atoms with Gasteiger partial charge in [0.2, 0.25) is 5.95 Å². The molecule has 1 aliphatic rings. The summed E-state index contributed by atoms with van der Waals surface area (Å²) >= 11 is 0. The summed E-state index contributed by atoms with van der Waals surface area (Å²) in [6.45, 7) is 6.44. The van der Waals surface area contributed by atoms with Crippen molar-refractivity contribution in [3.63, 3.8) is 0 Å². The first-order valence-electron chi connectivity index (χ1n) is 11.4. The number of nitrogens with zero attached hydrogens (tertiary/aromatic N) is 3. The van der Waals surface area contributed by atoms with Crippen LogP contribution >= 0.6 is 0 Å². The molecule has 34 heavy (non-hydrogen) atoms. The molecule has 0 spiro atoms. The maximum atomic E-state index is 12.4. The Balaban J connectivity index is 1.75. The Morgan fingerprint density at radius 3 is 2.59 bits per heavy atom. The van der Waals surface area contributed by atoms with E-state index < -0.39 is 18.4 Å². The van der Waals surface area contributed by atoms with E-state index in [9.17, 15) is 9.59 Å². The average Bonchev–Trinajstić information content (AvgIpc) is 3.13. The fraction of sp³-hybridized carbons (Fsp3) is 0.385. The molecule has 3 N–H and O–H groups in total. The molecule has 1 heterocycles. The van der Waals surface area contributed by atoms with Gasteiger partial charge in [0.25, 0.3) is 5.91 Å². The van der Waals surface area contributed by atoms with Crippen LogP contribution in [0.2, 0.25) is 0 Å². The lowest BCUT2D eigenvalue weighted by Gasteiger charge is -2.40. The number of imidazole rings is 1. The van der Waals surface area contributed by atoms with Crippen LogP contribution in [0.5, 0.6) is 0 Å². The van der Waals surface area contributed by atoms with Gasteiger partial charge in [-0.15, -0.1) is 0 Å². The number of nitriles is 1. The summed E-state index contributed by atoms with van der Waals surface area (Å²) in [6, 6.07) is 14.9. The number of benzene rings is 2. The van der Waals surface area contributed by atoms with Crippen LogP contribution in [0.4, 0.5) is 11.6 Å². The van der Waals surface area contributed by atoms with Gasteiger partial charge in [-0.3, -0.25) is 9.59 Å². The number of carbonyl (C=O) groups excluding carboxylic acids is 1. The van der Waals surface area contributed by atoms with Crippen LogP contribution in [0.15, 0.2) is 42.5 Å². The molecule has 0 radical (unpaired) electrons. The zero-order valence-corrected chi connectivity index (χ0v) is 19.6. The summed E-state index contributed by atoms with van der Waals surface area (Å²) in [4.78, 5) is 28.0. The lowest BCUT2D eigenvalue weighted by molar-refractivity contribution is -0.135. The predicted octanol–water partition coefficient (Wildman–Crippen LogP) is 4.85. The molecule has 0 aliphatic heterocycles. The molecule has 1 saturated carbocycles. The highest BCUT2D eigenvalue weighted by atomic mass is 16.4. The number of carboxylic acids is 1. The van der Waals surface area contributed by atoms with E-state index in [1.807, 2.05) is 18.2 Å². The van der Waals surface area contributed by atoms with E-state index in [1.165, 1.54) is 6.42 Å². The van der Waals surface area contributed by atoms with Gasteiger partial charge in [-0.05, 0) is 73.1 Å². The van der Waals surface area contributed by atoms with Gasteiger partial charge in [0.05, 0.1) is 22.7 Å². The first-order valence-corrected chi connectivity index (χ1v) is 11.4. The Bertz CT molecular complexity index is 1270. The second kappa shape index (κ2) is 9.18. The van der Waals surface area contributed by atoms with Gasteiger partial charge in [-0.25, -0.2) is 4.98 Å². The molecule has 1 amide bonds. The van der Waals surface area contributed by atoms with E-state index in [0.717, 1.165) is 24.0 Å². The number of nitrogens with one attached hydrogen (secondary N) is 2. The highest BCUT2D eigenvalue weighted by Gasteiger charge is 2.34. The molecule has 4 rings (SSSR count). The maximum Gasteiger partial charge on any atom is 0.322 e. The number of hydrogen-bond acceptors (Lipinski definition) is 5. The van der Waals surface area contributed by atoms with Crippen LogP contribution in [0.1, 0.15) is 62.0 Å². The van der Waals surface area contributed by atoms with Crippen molar-refractivity contribution in [1.29, 1.82) is 5.26 Å². The third-order valence-corrected chi connectivity index (χ3v) is 6.35. The van der Waals surface area contributed by atoms with Gasteiger partial charge in [0.1, 0.15) is 6.54 Å². The second-order valence-corrected chi connectivity index (χ2v) is 9.97. The van der Waals surface area contributed by atoms with Gasteiger partial charge >= 0.3 is 5.97 Å². The lowest BCUT2D eigenvalue weighted by atomic mass is 9.70. The molecule has 8 heteroatoms. The summed E-state index contributed by atoms with van der Waals surface area (Å²) in [7, 11) is 0. The first-order chi connectivity index (χ1) is 16.1. The molecule has 1 aromatic heterocycles. The Morgan fingerprint density at radius 1 is 1.21 bits per heavy atom. The Morgan fingerprint density at radius 2 is 1.94 bits per heavy atom. The fourth-order valence-electron chi connectivity index (χ4n) is 5.21. The van der Waals surface area contributed by atoms with E-state index in [1.54, 1.807) is 24.3 Å². The average molecular weight is 460 g/mol. The molecular weight excluding hydrogens is 430 g/mol. The summed E-state index contributed by atoms with van der Waals surface area (Å²) in [6.07, 6.45) is 3.20. The van der Waals surface area contributed by atoms with Crippen LogP contribution < -0.4 is 10.6 Å². The Hall–Kier alpha value is -3.86. The number of fused-ring (bicyclic) bond motifs is 1. The second-order valence-electron chi connectivity index (χ2n) is 9.97. The van der Waals surface area contributed by atoms with Gasteiger partial charge in [0.15, 0.2) is 0 Å². The third kappa shape index (κ3) is 5.04. The van der Waals surface area contributed by atoms with Crippen molar-refractivity contribution in [2.45, 2.75) is 46.1 Å². The number of amides is 1. The zero-order chi connectivity index (χ0) is 24.5. The number of anilines is 2. The first kappa shape index (κ1) is 23.3. The van der Waals surface area contributed by atoms with E-state index in [2.05, 4.69) is 42.0 Å². The zero-order valence-electron chi connectivity index (χ0n) is 19.6. The van der Waals surface area contributed by atoms with Gasteiger partial charge in [-0.2, -0.15) is 5.26 Å². The molecule has 0 unspecified atom stereocenters. The summed E-state index contributed by atoms with van der Waals surface area (Å²) in [5.74, 6) is -0.303. The number of carbonyl (C=O) groups is 2. The Kier molecular flexibility index (Phi) is 6.29. The standard InChI is InChI=1S/C26H29N5O3/c1-16-10-20(13-26(2,3)12-16)31-22-9-6-18(24(34)28-15-23(32)33)11-21(22)30-25(31)29-19-7-4-17(14-27)5-8-19/h4-9,11,16,20H,10,12-13,15H2,1-3H3,(H,28,34)(H,29,30)(H,32,33)/t16-,20-/m1/s1. The number of aliphatic carboxylic acids is 1. The fourth-order valence-corrected chi connectivity index (χ4v) is 5.21. The van der Waals surface area contributed by atoms with Crippen LogP contribution in [0, 0.1) is 22.7 Å². The quantitative estimate of drug-likeness (QED) is 0.484. The van der Waals surface area contributed by atoms with Gasteiger partial charge in [-0.1, -0.05) is 20.8 Å². The topological polar surface area (TPSA) is 120 Å². The third-order valence-electron chi connectivity index (χ3n) is 6.35. The highest BCUT2D eigenvalue weighted by Crippen LogP contribution is 2.46. The van der Waals surface area contributed by atoms with Crippen molar-refractivity contribution in [1.82, 2.24) is 14.9 Å². The molecule has 0 saturated heterocycles. The maximum absolute atomic E-state index is 12.4. The highest BCUT2D eigenvalue weighted by molar-refractivity contribution is 5.99. The number of carboxylic acid groups (broad SMARTS) is 1. The molecule has 3 aromatic rings. The minimum absolute atomic E-state index is 0.196. The molecule has 176 valence electrons. The summed E-state index contributed by atoms with van der Waals surface area (Å²) < 4.78 is 2.23. The lowest BCUT2D eigenvalue weighted by Crippen LogP contribution is -2.30. The molecule has 1 aliphatic carbocycles. The van der Waals surface area contributed by atoms with Crippen LogP contribution in [0.3, 0.4) is 0 Å². The van der Waals surface area contributed by atoms with Crippen molar-refractivity contribution in [2.75, 3.05) is 11.9 Å². The van der Waals surface area contributed by atoms with Crippen LogP contribution in [-0.2, 0) is 4.79 Å². The van der Waals surface area contributed by atoms with Crippen LogP contribution in [-0.4, -0.2) is 33.1 Å². The van der Waals surface area contributed by atoms with Gasteiger partial charge in [0, 0.05) is 17.3 Å². The summed E-state index contributed by atoms with van der Waals surface area (Å²) in [5, 5.41) is 23.7. The molecule has 2 aromatic carbocycles. The van der Waals surface area contributed by atoms with E-state index in [4.69, 9.17) is 15.4 Å². The van der Waals surface area contributed by atoms with Gasteiger partial charge < -0.3 is 20.3 Å². The normalized spacial score (nSPS) is 19.4. The molecule has 0 bridgehead atoms. The largest absolute Gasteiger partial charge is 0.480 e. The van der Waals surface area contributed by atoms with Crippen molar-refractivity contribution in [3.05, 3.63) is 53.6 Å². The summed E-state index contributed by atoms with van der Waals surface area (Å²) in [5.41, 5.74) is 3.54. The van der Waals surface area contributed by atoms with Crippen molar-refractivity contribution in [3.8, 4) is 6.07 Å². The monoisotopic (exact) mass is 459 g/mol. The number of rotatable bonds is 6. The smallest absolute Gasteiger partial charge is 0.322 e. The number of hydrogen-bond donors (Lipinski definition) is 3. The van der Waals surface area contributed by atoms with Crippen molar-refractivity contribution >= 4 is 34.5 Å². The molecule has 2 atom stereocenters. The predicted molar refractivity (Wildman–Crippen MR) is 130 cm³/mol. The minimum atomic E-state index is -1.10. The molecular formula is C26H29N5O3. The molecule has 1 fully saturated rings. The van der Waals surface area contributed by atoms with Crippen LogP contribution in [0.25, 0.3) is 11.0 Å². The SMILES string of the molecule is C[C@@H]1C[C@@H](n2c(Nc3ccc(C#N)cc3)nc3cc(C(=O)NCC(=O)O)ccc32)CC(C)(C)C1. The van der Waals surface area contributed by atoms with E-state index in [-0.39, 0.29) is 11.5 Å². The van der Waals surface area contributed by atoms with Crippen molar-refractivity contribution in [2.24, 2.45) is 11.3 Å². The Labute approximate surface area is 198 Å². The van der Waals surface area contributed by atoms with Crippen molar-refractivity contribution < 1.29 is 14.7 Å². The molecule has 8 nitrogen and oxygen atoms in total. The van der Waals surface area contributed by atoms with E-state index >= 15 is 0 Å².